The second kappa shape index (κ2) is 3.54. The second-order valence-corrected chi connectivity index (χ2v) is 5.23. The van der Waals surface area contributed by atoms with E-state index in [1.54, 1.807) is 0 Å². The summed E-state index contributed by atoms with van der Waals surface area (Å²) in [6.07, 6.45) is 5.25. The van der Waals surface area contributed by atoms with Gasteiger partial charge < -0.3 is 0 Å². The third-order valence-electron chi connectivity index (χ3n) is 4.35. The highest BCUT2D eigenvalue weighted by atomic mass is 16.1. The lowest BCUT2D eigenvalue weighted by Crippen LogP contribution is -2.66. The molecule has 1 aromatic carbocycles. The molecule has 1 fully saturated rings. The number of ketones is 1. The third kappa shape index (κ3) is 1.22. The topological polar surface area (TPSA) is 20.3 Å². The number of carbonyl (C=O) groups is 1. The van der Waals surface area contributed by atoms with Gasteiger partial charge in [-0.25, -0.2) is 0 Å². The molecule has 2 aliphatic carbocycles. The minimum atomic E-state index is -0.249. The number of carbonyl (C=O) groups excluding carboxylic acids is 1. The van der Waals surface area contributed by atoms with Crippen LogP contribution in [0.3, 0.4) is 0 Å². The smallest absolute Gasteiger partial charge is 0.162 e. The van der Waals surface area contributed by atoms with Gasteiger partial charge >= 0.3 is 0 Å². The molecular weight excluding hydrogens is 210 g/mol. The molecule has 0 aliphatic heterocycles. The van der Waals surface area contributed by atoms with Crippen LogP contribution in [0.1, 0.15) is 17.9 Å². The van der Waals surface area contributed by atoms with Crippen molar-refractivity contribution >= 4 is 5.78 Å². The van der Waals surface area contributed by atoms with E-state index in [9.17, 15) is 4.79 Å². The Morgan fingerprint density at radius 3 is 2.59 bits per heavy atom. The van der Waals surface area contributed by atoms with Crippen LogP contribution >= 0.6 is 0 Å². The van der Waals surface area contributed by atoms with Gasteiger partial charge in [-0.1, -0.05) is 42.5 Å². The molecule has 1 aromatic rings. The SMILES string of the molecule is CN(C)C12CC=CC1C(c1ccccc1)C2=O. The Hall–Kier alpha value is -1.41. The van der Waals surface area contributed by atoms with Crippen LogP contribution in [0, 0.1) is 5.92 Å². The lowest BCUT2D eigenvalue weighted by Gasteiger charge is -2.53. The number of rotatable bonds is 2. The minimum Gasteiger partial charge on any atom is -0.297 e. The Morgan fingerprint density at radius 1 is 1.24 bits per heavy atom. The Morgan fingerprint density at radius 2 is 1.94 bits per heavy atom. The fraction of sp³-hybridized carbons (Fsp3) is 0.400. The van der Waals surface area contributed by atoms with Crippen molar-refractivity contribution in [3.8, 4) is 0 Å². The molecule has 0 saturated heterocycles. The third-order valence-corrected chi connectivity index (χ3v) is 4.35. The maximum Gasteiger partial charge on any atom is 0.162 e. The zero-order valence-corrected chi connectivity index (χ0v) is 10.3. The largest absolute Gasteiger partial charge is 0.297 e. The summed E-state index contributed by atoms with van der Waals surface area (Å²) < 4.78 is 0. The summed E-state index contributed by atoms with van der Waals surface area (Å²) >= 11 is 0. The lowest BCUT2D eigenvalue weighted by atomic mass is 9.56. The fourth-order valence-electron chi connectivity index (χ4n) is 3.40. The molecule has 0 spiro atoms. The maximum atomic E-state index is 12.5. The van der Waals surface area contributed by atoms with Gasteiger partial charge in [-0.05, 0) is 26.1 Å². The number of fused-ring (bicyclic) bond motifs is 1. The molecule has 3 atom stereocenters. The summed E-state index contributed by atoms with van der Waals surface area (Å²) in [4.78, 5) is 14.6. The monoisotopic (exact) mass is 227 g/mol. The van der Waals surface area contributed by atoms with Gasteiger partial charge in [-0.3, -0.25) is 9.69 Å². The van der Waals surface area contributed by atoms with Crippen LogP contribution < -0.4 is 0 Å². The standard InChI is InChI=1S/C15H17NO/c1-16(2)15-10-6-9-12(15)13(14(15)17)11-7-4-3-5-8-11/h3-9,12-13H,10H2,1-2H3. The number of hydrogen-bond donors (Lipinski definition) is 0. The van der Waals surface area contributed by atoms with Gasteiger partial charge in [0.2, 0.25) is 0 Å². The van der Waals surface area contributed by atoms with Crippen LogP contribution in [-0.2, 0) is 4.79 Å². The number of hydrogen-bond acceptors (Lipinski definition) is 2. The van der Waals surface area contributed by atoms with Gasteiger partial charge in [0.05, 0.1) is 11.5 Å². The molecule has 17 heavy (non-hydrogen) atoms. The molecule has 0 heterocycles. The number of Topliss-reactive ketones (excluding diaryl/α,β-unsaturated/α-hetero) is 1. The van der Waals surface area contributed by atoms with Gasteiger partial charge in [0.25, 0.3) is 0 Å². The molecule has 2 nitrogen and oxygen atoms in total. The first-order valence-corrected chi connectivity index (χ1v) is 6.11. The highest BCUT2D eigenvalue weighted by Crippen LogP contribution is 2.55. The predicted octanol–water partition coefficient (Wildman–Crippen LogP) is 2.23. The van der Waals surface area contributed by atoms with Crippen LogP contribution in [-0.4, -0.2) is 30.3 Å². The number of nitrogens with zero attached hydrogens (tertiary/aromatic N) is 1. The van der Waals surface area contributed by atoms with E-state index >= 15 is 0 Å². The van der Waals surface area contributed by atoms with E-state index in [0.29, 0.717) is 11.7 Å². The van der Waals surface area contributed by atoms with Gasteiger partial charge in [0.1, 0.15) is 0 Å². The molecule has 0 amide bonds. The number of benzene rings is 1. The van der Waals surface area contributed by atoms with Crippen molar-refractivity contribution in [2.75, 3.05) is 14.1 Å². The van der Waals surface area contributed by atoms with Crippen LogP contribution in [0.25, 0.3) is 0 Å². The summed E-state index contributed by atoms with van der Waals surface area (Å²) in [5.41, 5.74) is 0.909. The van der Waals surface area contributed by atoms with Crippen LogP contribution in [0.2, 0.25) is 0 Å². The first-order chi connectivity index (χ1) is 8.18. The summed E-state index contributed by atoms with van der Waals surface area (Å²) in [6.45, 7) is 0. The Kier molecular flexibility index (Phi) is 2.23. The second-order valence-electron chi connectivity index (χ2n) is 5.23. The maximum absolute atomic E-state index is 12.5. The molecule has 0 aromatic heterocycles. The number of likely N-dealkylation sites (N-methyl/N-ethyl adjacent to an activating group) is 1. The molecule has 2 aliphatic rings. The van der Waals surface area contributed by atoms with E-state index in [4.69, 9.17) is 0 Å². The van der Waals surface area contributed by atoms with E-state index in [1.165, 1.54) is 0 Å². The van der Waals surface area contributed by atoms with Crippen molar-refractivity contribution in [3.05, 3.63) is 48.0 Å². The normalized spacial score (nSPS) is 34.9. The van der Waals surface area contributed by atoms with Crippen molar-refractivity contribution < 1.29 is 4.79 Å². The summed E-state index contributed by atoms with van der Waals surface area (Å²) in [5, 5.41) is 0. The molecular formula is C15H17NO. The van der Waals surface area contributed by atoms with E-state index in [0.717, 1.165) is 12.0 Å². The zero-order chi connectivity index (χ0) is 12.0. The lowest BCUT2D eigenvalue weighted by molar-refractivity contribution is -0.147. The first-order valence-electron chi connectivity index (χ1n) is 6.11. The quantitative estimate of drug-likeness (QED) is 0.722. The molecule has 88 valence electrons. The molecule has 3 rings (SSSR count). The Labute approximate surface area is 102 Å². The van der Waals surface area contributed by atoms with Gasteiger partial charge in [0.15, 0.2) is 5.78 Å². The Balaban J connectivity index is 1.97. The molecule has 0 radical (unpaired) electrons. The summed E-state index contributed by atoms with van der Waals surface area (Å²) in [7, 11) is 4.03. The first kappa shape index (κ1) is 10.7. The van der Waals surface area contributed by atoms with E-state index in [1.807, 2.05) is 32.3 Å². The molecule has 1 saturated carbocycles. The summed E-state index contributed by atoms with van der Waals surface area (Å²) in [6, 6.07) is 10.1. The van der Waals surface area contributed by atoms with Crippen LogP contribution in [0.4, 0.5) is 0 Å². The highest BCUT2D eigenvalue weighted by molar-refractivity contribution is 6.03. The highest BCUT2D eigenvalue weighted by Gasteiger charge is 2.63. The van der Waals surface area contributed by atoms with Gasteiger partial charge in [0, 0.05) is 5.92 Å². The molecule has 2 heteroatoms. The minimum absolute atomic E-state index is 0.0670. The zero-order valence-electron chi connectivity index (χ0n) is 10.3. The molecule has 0 N–H and O–H groups in total. The predicted molar refractivity (Wildman–Crippen MR) is 67.9 cm³/mol. The van der Waals surface area contributed by atoms with Crippen LogP contribution in [0.15, 0.2) is 42.5 Å². The van der Waals surface area contributed by atoms with E-state index in [-0.39, 0.29) is 11.5 Å². The van der Waals surface area contributed by atoms with Crippen molar-refractivity contribution in [1.29, 1.82) is 0 Å². The van der Waals surface area contributed by atoms with Crippen molar-refractivity contribution in [2.24, 2.45) is 5.92 Å². The van der Waals surface area contributed by atoms with Gasteiger partial charge in [-0.15, -0.1) is 0 Å². The van der Waals surface area contributed by atoms with Crippen LogP contribution in [0.5, 0.6) is 0 Å². The summed E-state index contributed by atoms with van der Waals surface area (Å²) in [5.74, 6) is 0.799. The van der Waals surface area contributed by atoms with E-state index in [2.05, 4.69) is 29.2 Å². The van der Waals surface area contributed by atoms with Crippen molar-refractivity contribution in [3.63, 3.8) is 0 Å². The average molecular weight is 227 g/mol. The average Bonchev–Trinajstić information content (AvgIpc) is 2.70. The fourth-order valence-corrected chi connectivity index (χ4v) is 3.40. The van der Waals surface area contributed by atoms with Gasteiger partial charge in [-0.2, -0.15) is 0 Å². The van der Waals surface area contributed by atoms with E-state index < -0.39 is 0 Å². The van der Waals surface area contributed by atoms with Crippen molar-refractivity contribution in [1.82, 2.24) is 4.90 Å². The Bertz CT molecular complexity index is 477. The molecule has 3 unspecified atom stereocenters. The van der Waals surface area contributed by atoms with Crippen molar-refractivity contribution in [2.45, 2.75) is 17.9 Å². The molecule has 0 bridgehead atoms.